The molecular formula is C22H20ClN3O. The van der Waals surface area contributed by atoms with Gasteiger partial charge < -0.3 is 14.6 Å². The molecule has 4 nitrogen and oxygen atoms in total. The van der Waals surface area contributed by atoms with Crippen LogP contribution in [0.5, 0.6) is 5.75 Å². The number of hydrogen-bond acceptors (Lipinski definition) is 3. The van der Waals surface area contributed by atoms with Crippen molar-refractivity contribution in [3.8, 4) is 5.75 Å². The molecule has 27 heavy (non-hydrogen) atoms. The summed E-state index contributed by atoms with van der Waals surface area (Å²) in [5.74, 6) is 1.75. The molecule has 0 saturated heterocycles. The van der Waals surface area contributed by atoms with E-state index in [2.05, 4.69) is 22.9 Å². The van der Waals surface area contributed by atoms with E-state index >= 15 is 0 Å². The van der Waals surface area contributed by atoms with Crippen molar-refractivity contribution in [3.63, 3.8) is 0 Å². The lowest BCUT2D eigenvalue weighted by molar-refractivity contribution is 0.357. The maximum atomic E-state index is 6.04. The monoisotopic (exact) mass is 377 g/mol. The molecule has 136 valence electrons. The van der Waals surface area contributed by atoms with Gasteiger partial charge in [-0.2, -0.15) is 0 Å². The Balaban J connectivity index is 1.36. The molecule has 2 heterocycles. The van der Waals surface area contributed by atoms with E-state index in [-0.39, 0.29) is 0 Å². The van der Waals surface area contributed by atoms with E-state index in [0.29, 0.717) is 0 Å². The minimum Gasteiger partial charge on any atom is -0.493 e. The van der Waals surface area contributed by atoms with Crippen LogP contribution in [0.15, 0.2) is 73.3 Å². The quantitative estimate of drug-likeness (QED) is 0.603. The Bertz CT molecular complexity index is 1010. The lowest BCUT2D eigenvalue weighted by Gasteiger charge is -2.04. The maximum Gasteiger partial charge on any atom is 0.148 e. The number of imidazole rings is 1. The first-order chi connectivity index (χ1) is 13.2. The largest absolute Gasteiger partial charge is 0.493 e. The zero-order valence-electron chi connectivity index (χ0n) is 14.9. The van der Waals surface area contributed by atoms with Gasteiger partial charge in [0, 0.05) is 29.9 Å². The molecule has 1 aromatic heterocycles. The summed E-state index contributed by atoms with van der Waals surface area (Å²) in [7, 11) is 0. The average molecular weight is 378 g/mol. The van der Waals surface area contributed by atoms with Crippen LogP contribution in [-0.2, 0) is 13.0 Å². The van der Waals surface area contributed by atoms with Crippen molar-refractivity contribution in [1.82, 2.24) is 9.55 Å². The predicted octanol–water partition coefficient (Wildman–Crippen LogP) is 5.16. The number of allylic oxidation sites excluding steroid dienone is 1. The van der Waals surface area contributed by atoms with Gasteiger partial charge in [-0.3, -0.25) is 0 Å². The molecule has 0 bridgehead atoms. The molecule has 5 heteroatoms. The maximum absolute atomic E-state index is 6.04. The highest BCUT2D eigenvalue weighted by Crippen LogP contribution is 2.26. The van der Waals surface area contributed by atoms with Crippen LogP contribution < -0.4 is 10.1 Å². The van der Waals surface area contributed by atoms with Crippen molar-refractivity contribution in [2.45, 2.75) is 13.0 Å². The second-order valence-corrected chi connectivity index (χ2v) is 6.95. The highest BCUT2D eigenvalue weighted by atomic mass is 35.5. The number of ether oxygens (including phenoxy) is 1. The Morgan fingerprint density at radius 2 is 2.22 bits per heavy atom. The van der Waals surface area contributed by atoms with Crippen molar-refractivity contribution >= 4 is 23.5 Å². The number of nitrogens with zero attached hydrogens (tertiary/aromatic N) is 2. The van der Waals surface area contributed by atoms with Crippen LogP contribution >= 0.6 is 11.6 Å². The lowest BCUT2D eigenvalue weighted by atomic mass is 10.1. The number of hydrogen-bond donors (Lipinski definition) is 1. The summed E-state index contributed by atoms with van der Waals surface area (Å²) in [5.41, 5.74) is 4.30. The molecule has 0 spiro atoms. The minimum absolute atomic E-state index is 0.717. The smallest absolute Gasteiger partial charge is 0.148 e. The van der Waals surface area contributed by atoms with Gasteiger partial charge in [-0.05, 0) is 47.0 Å². The third kappa shape index (κ3) is 4.41. The Labute approximate surface area is 163 Å². The van der Waals surface area contributed by atoms with Crippen LogP contribution in [-0.4, -0.2) is 16.2 Å². The van der Waals surface area contributed by atoms with E-state index in [1.807, 2.05) is 59.3 Å². The van der Waals surface area contributed by atoms with Crippen LogP contribution in [0.1, 0.15) is 16.7 Å². The van der Waals surface area contributed by atoms with Gasteiger partial charge in [0.1, 0.15) is 11.6 Å². The van der Waals surface area contributed by atoms with Crippen molar-refractivity contribution in [3.05, 3.63) is 95.1 Å². The molecule has 0 fully saturated rings. The molecule has 2 aromatic carbocycles. The van der Waals surface area contributed by atoms with E-state index in [1.165, 1.54) is 5.56 Å². The molecular weight excluding hydrogens is 358 g/mol. The van der Waals surface area contributed by atoms with Crippen LogP contribution in [0.3, 0.4) is 0 Å². The molecule has 1 aliphatic rings. The summed E-state index contributed by atoms with van der Waals surface area (Å²) in [6.07, 6.45) is 8.71. The first kappa shape index (κ1) is 17.4. The van der Waals surface area contributed by atoms with E-state index in [0.717, 1.165) is 53.0 Å². The van der Waals surface area contributed by atoms with Gasteiger partial charge in [-0.15, -0.1) is 0 Å². The van der Waals surface area contributed by atoms with Gasteiger partial charge in [0.15, 0.2) is 0 Å². The average Bonchev–Trinajstić information content (AvgIpc) is 3.29. The van der Waals surface area contributed by atoms with Crippen molar-refractivity contribution in [2.75, 3.05) is 11.9 Å². The Hall–Kier alpha value is -2.98. The predicted molar refractivity (Wildman–Crippen MR) is 110 cm³/mol. The summed E-state index contributed by atoms with van der Waals surface area (Å²) in [6, 6.07) is 14.1. The first-order valence-electron chi connectivity index (χ1n) is 8.82. The number of fused-ring (bicyclic) bond motifs is 1. The molecule has 1 aliphatic heterocycles. The van der Waals surface area contributed by atoms with Gasteiger partial charge >= 0.3 is 0 Å². The third-order valence-corrected chi connectivity index (χ3v) is 4.60. The fourth-order valence-corrected chi connectivity index (χ4v) is 3.28. The number of benzene rings is 2. The normalized spacial score (nSPS) is 12.8. The summed E-state index contributed by atoms with van der Waals surface area (Å²) in [5, 5.41) is 3.96. The van der Waals surface area contributed by atoms with Gasteiger partial charge in [-0.1, -0.05) is 42.5 Å². The zero-order chi connectivity index (χ0) is 18.6. The highest BCUT2D eigenvalue weighted by Gasteiger charge is 2.11. The summed E-state index contributed by atoms with van der Waals surface area (Å²) in [4.78, 5) is 4.38. The molecule has 0 atom stereocenters. The molecule has 4 rings (SSSR count). The van der Waals surface area contributed by atoms with Gasteiger partial charge in [-0.25, -0.2) is 4.98 Å². The van der Waals surface area contributed by atoms with E-state index in [1.54, 1.807) is 6.33 Å². The van der Waals surface area contributed by atoms with Crippen LogP contribution in [0, 0.1) is 0 Å². The summed E-state index contributed by atoms with van der Waals surface area (Å²) in [6.45, 7) is 5.54. The molecule has 3 aromatic rings. The molecule has 0 radical (unpaired) electrons. The number of rotatable bonds is 6. The van der Waals surface area contributed by atoms with Crippen molar-refractivity contribution < 1.29 is 4.74 Å². The van der Waals surface area contributed by atoms with E-state index < -0.39 is 0 Å². The second-order valence-electron chi connectivity index (χ2n) is 6.51. The topological polar surface area (TPSA) is 39.1 Å². The Morgan fingerprint density at radius 1 is 1.30 bits per heavy atom. The van der Waals surface area contributed by atoms with E-state index in [9.17, 15) is 0 Å². The van der Waals surface area contributed by atoms with Gasteiger partial charge in [0.05, 0.1) is 12.9 Å². The standard InChI is InChI=1S/C22H20ClN3O/c1-16(5-6-17-7-8-21-19(11-17)9-10-27-21)25-22-14-26(15-24-22)13-18-3-2-4-20(23)12-18/h2-8,11-12,14-15,25H,1,9-10,13H2/b6-5+. The second kappa shape index (κ2) is 7.72. The third-order valence-electron chi connectivity index (χ3n) is 4.37. The molecule has 1 N–H and O–H groups in total. The summed E-state index contributed by atoms with van der Waals surface area (Å²) < 4.78 is 7.54. The lowest BCUT2D eigenvalue weighted by Crippen LogP contribution is -1.97. The van der Waals surface area contributed by atoms with Gasteiger partial charge in [0.2, 0.25) is 0 Å². The van der Waals surface area contributed by atoms with Crippen LogP contribution in [0.2, 0.25) is 5.02 Å². The number of aromatic nitrogens is 2. The summed E-state index contributed by atoms with van der Waals surface area (Å²) >= 11 is 6.04. The molecule has 0 amide bonds. The van der Waals surface area contributed by atoms with Gasteiger partial charge in [0.25, 0.3) is 0 Å². The fraction of sp³-hybridized carbons (Fsp3) is 0.136. The van der Waals surface area contributed by atoms with Crippen molar-refractivity contribution in [2.24, 2.45) is 0 Å². The number of halogens is 1. The van der Waals surface area contributed by atoms with Crippen molar-refractivity contribution in [1.29, 1.82) is 0 Å². The molecule has 0 saturated carbocycles. The molecule has 0 unspecified atom stereocenters. The number of nitrogens with one attached hydrogen (secondary N) is 1. The fourth-order valence-electron chi connectivity index (χ4n) is 3.07. The zero-order valence-corrected chi connectivity index (χ0v) is 15.6. The van der Waals surface area contributed by atoms with Crippen LogP contribution in [0.4, 0.5) is 5.82 Å². The minimum atomic E-state index is 0.717. The molecule has 0 aliphatic carbocycles. The number of anilines is 1. The highest BCUT2D eigenvalue weighted by molar-refractivity contribution is 6.30. The SMILES string of the molecule is C=C(/C=C/c1ccc2c(c1)CCO2)Nc1cn(Cc2cccc(Cl)c2)cn1. The first-order valence-corrected chi connectivity index (χ1v) is 9.19. The van der Waals surface area contributed by atoms with Crippen LogP contribution in [0.25, 0.3) is 6.08 Å². The Kier molecular flexibility index (Phi) is 4.99. The Morgan fingerprint density at radius 3 is 3.11 bits per heavy atom. The van der Waals surface area contributed by atoms with E-state index in [4.69, 9.17) is 16.3 Å².